The largest absolute Gasteiger partial charge is 0.480 e. The van der Waals surface area contributed by atoms with E-state index in [4.69, 9.17) is 4.74 Å². The third-order valence-corrected chi connectivity index (χ3v) is 5.92. The summed E-state index contributed by atoms with van der Waals surface area (Å²) in [5, 5.41) is 10.2. The molecular weight excluding hydrogens is 360 g/mol. The van der Waals surface area contributed by atoms with Gasteiger partial charge in [0.1, 0.15) is 5.56 Å². The van der Waals surface area contributed by atoms with Crippen LogP contribution in [0, 0.1) is 0 Å². The number of fused-ring (bicyclic) bond motifs is 1. The van der Waals surface area contributed by atoms with Crippen molar-refractivity contribution in [1.82, 2.24) is 4.98 Å². The number of aromatic nitrogens is 1. The second kappa shape index (κ2) is 7.48. The highest BCUT2D eigenvalue weighted by Crippen LogP contribution is 2.44. The van der Waals surface area contributed by atoms with Crippen LogP contribution in [-0.4, -0.2) is 23.2 Å². The van der Waals surface area contributed by atoms with Crippen molar-refractivity contribution in [1.29, 1.82) is 0 Å². The maximum absolute atomic E-state index is 11.5. The number of rotatable bonds is 6. The predicted octanol–water partition coefficient (Wildman–Crippen LogP) is 5.33. The zero-order valence-corrected chi connectivity index (χ0v) is 15.8. The first-order chi connectivity index (χ1) is 13.2. The van der Waals surface area contributed by atoms with Gasteiger partial charge < -0.3 is 14.6 Å². The molecule has 0 saturated heterocycles. The molecule has 138 valence electrons. The van der Waals surface area contributed by atoms with E-state index >= 15 is 0 Å². The number of hydrogen-bond donors (Lipinski definition) is 2. The molecule has 27 heavy (non-hydrogen) atoms. The zero-order valence-electron chi connectivity index (χ0n) is 14.9. The van der Waals surface area contributed by atoms with Crippen molar-refractivity contribution in [2.24, 2.45) is 0 Å². The summed E-state index contributed by atoms with van der Waals surface area (Å²) in [4.78, 5) is 17.1. The standard InChI is InChI=1S/C21H20N2O3S/c1-26-20-17(21(24)25)12-14-10-11-16(13-6-5-7-13)19(18(14)22-20)27-23-15-8-3-2-4-9-15/h2-4,8-13,23H,5-7H2,1H3,(H,24,25). The minimum Gasteiger partial charge on any atom is -0.480 e. The van der Waals surface area contributed by atoms with E-state index in [0.29, 0.717) is 5.92 Å². The Balaban J connectivity index is 1.82. The Morgan fingerprint density at radius 3 is 2.63 bits per heavy atom. The Bertz CT molecular complexity index is 988. The van der Waals surface area contributed by atoms with Gasteiger partial charge in [-0.1, -0.05) is 36.8 Å². The van der Waals surface area contributed by atoms with Crippen LogP contribution in [0.5, 0.6) is 5.88 Å². The number of nitrogens with zero attached hydrogens (tertiary/aromatic N) is 1. The molecule has 0 unspecified atom stereocenters. The number of pyridine rings is 1. The minimum atomic E-state index is -1.04. The maximum atomic E-state index is 11.5. The monoisotopic (exact) mass is 380 g/mol. The van der Waals surface area contributed by atoms with Crippen LogP contribution in [0.1, 0.15) is 41.1 Å². The SMILES string of the molecule is COc1nc2c(SNc3ccccc3)c(C3CCC3)ccc2cc1C(=O)O. The van der Waals surface area contributed by atoms with Gasteiger partial charge in [-0.2, -0.15) is 0 Å². The molecule has 1 aliphatic rings. The Morgan fingerprint density at radius 2 is 2.00 bits per heavy atom. The van der Waals surface area contributed by atoms with Crippen LogP contribution in [-0.2, 0) is 0 Å². The molecule has 1 fully saturated rings. The van der Waals surface area contributed by atoms with E-state index in [0.717, 1.165) is 21.5 Å². The van der Waals surface area contributed by atoms with Gasteiger partial charge in [-0.15, -0.1) is 0 Å². The first-order valence-corrected chi connectivity index (χ1v) is 9.72. The van der Waals surface area contributed by atoms with E-state index in [9.17, 15) is 9.90 Å². The number of para-hydroxylation sites is 1. The van der Waals surface area contributed by atoms with Gasteiger partial charge >= 0.3 is 5.97 Å². The molecule has 2 aromatic carbocycles. The van der Waals surface area contributed by atoms with Gasteiger partial charge in [0.2, 0.25) is 5.88 Å². The molecule has 1 aliphatic carbocycles. The van der Waals surface area contributed by atoms with Crippen LogP contribution in [0.25, 0.3) is 10.9 Å². The number of carbonyl (C=O) groups is 1. The molecular formula is C21H20N2O3S. The number of aromatic carboxylic acids is 1. The number of benzene rings is 2. The highest BCUT2D eigenvalue weighted by molar-refractivity contribution is 8.00. The van der Waals surface area contributed by atoms with Crippen LogP contribution in [0.15, 0.2) is 53.4 Å². The summed E-state index contributed by atoms with van der Waals surface area (Å²) in [5.41, 5.74) is 3.12. The molecule has 1 saturated carbocycles. The lowest BCUT2D eigenvalue weighted by Gasteiger charge is -2.28. The summed E-state index contributed by atoms with van der Waals surface area (Å²) in [6, 6.07) is 15.7. The highest BCUT2D eigenvalue weighted by Gasteiger charge is 2.25. The van der Waals surface area contributed by atoms with E-state index in [2.05, 4.69) is 15.8 Å². The number of carboxylic acids is 1. The van der Waals surface area contributed by atoms with Gasteiger partial charge in [0.05, 0.1) is 17.5 Å². The molecule has 2 N–H and O–H groups in total. The van der Waals surface area contributed by atoms with E-state index in [1.165, 1.54) is 43.9 Å². The van der Waals surface area contributed by atoms with Gasteiger partial charge in [-0.05, 0) is 54.5 Å². The Kier molecular flexibility index (Phi) is 4.90. The average Bonchev–Trinajstić information content (AvgIpc) is 2.65. The smallest absolute Gasteiger partial charge is 0.341 e. The number of nitrogens with one attached hydrogen (secondary N) is 1. The van der Waals surface area contributed by atoms with Crippen LogP contribution in [0.4, 0.5) is 5.69 Å². The fourth-order valence-electron chi connectivity index (χ4n) is 3.29. The average molecular weight is 380 g/mol. The van der Waals surface area contributed by atoms with Gasteiger partial charge in [-0.3, -0.25) is 0 Å². The van der Waals surface area contributed by atoms with Gasteiger partial charge in [0.25, 0.3) is 0 Å². The van der Waals surface area contributed by atoms with Crippen LogP contribution in [0.2, 0.25) is 0 Å². The third-order valence-electron chi connectivity index (χ3n) is 4.95. The second-order valence-corrected chi connectivity index (χ2v) is 7.42. The van der Waals surface area contributed by atoms with Gasteiger partial charge in [-0.25, -0.2) is 9.78 Å². The molecule has 6 heteroatoms. The first-order valence-electron chi connectivity index (χ1n) is 8.90. The van der Waals surface area contributed by atoms with Crippen molar-refractivity contribution >= 4 is 34.5 Å². The molecule has 1 aromatic heterocycles. The molecule has 0 aliphatic heterocycles. The molecule has 5 nitrogen and oxygen atoms in total. The quantitative estimate of drug-likeness (QED) is 0.563. The maximum Gasteiger partial charge on any atom is 0.341 e. The molecule has 0 amide bonds. The third kappa shape index (κ3) is 3.45. The minimum absolute atomic E-state index is 0.0772. The Labute approximate surface area is 161 Å². The van der Waals surface area contributed by atoms with Crippen molar-refractivity contribution in [3.63, 3.8) is 0 Å². The van der Waals surface area contributed by atoms with E-state index in [-0.39, 0.29) is 11.4 Å². The van der Waals surface area contributed by atoms with Gasteiger partial charge in [0, 0.05) is 11.1 Å². The fraction of sp³-hybridized carbons (Fsp3) is 0.238. The predicted molar refractivity (Wildman–Crippen MR) is 108 cm³/mol. The fourth-order valence-corrected chi connectivity index (χ4v) is 4.25. The number of methoxy groups -OCH3 is 1. The van der Waals surface area contributed by atoms with Crippen molar-refractivity contribution in [2.45, 2.75) is 30.1 Å². The van der Waals surface area contributed by atoms with Crippen molar-refractivity contribution in [2.75, 3.05) is 11.8 Å². The van der Waals surface area contributed by atoms with E-state index in [1.807, 2.05) is 36.4 Å². The second-order valence-electron chi connectivity index (χ2n) is 6.60. The summed E-state index contributed by atoms with van der Waals surface area (Å²) >= 11 is 1.53. The number of ether oxygens (including phenoxy) is 1. The lowest BCUT2D eigenvalue weighted by molar-refractivity contribution is 0.0692. The highest BCUT2D eigenvalue weighted by atomic mass is 32.2. The van der Waals surface area contributed by atoms with Crippen LogP contribution < -0.4 is 9.46 Å². The normalized spacial score (nSPS) is 14.0. The van der Waals surface area contributed by atoms with Crippen LogP contribution in [0.3, 0.4) is 0 Å². The lowest BCUT2D eigenvalue weighted by atomic mass is 9.80. The zero-order chi connectivity index (χ0) is 18.8. The van der Waals surface area contributed by atoms with Gasteiger partial charge in [0.15, 0.2) is 0 Å². The molecule has 0 bridgehead atoms. The summed E-state index contributed by atoms with van der Waals surface area (Å²) < 4.78 is 8.64. The summed E-state index contributed by atoms with van der Waals surface area (Å²) in [6.07, 6.45) is 3.59. The summed E-state index contributed by atoms with van der Waals surface area (Å²) in [7, 11) is 1.45. The number of anilines is 1. The lowest BCUT2D eigenvalue weighted by Crippen LogP contribution is -2.11. The van der Waals surface area contributed by atoms with Crippen molar-refractivity contribution < 1.29 is 14.6 Å². The Morgan fingerprint density at radius 1 is 1.22 bits per heavy atom. The molecule has 3 aromatic rings. The summed E-state index contributed by atoms with van der Waals surface area (Å²) in [5.74, 6) is -0.371. The van der Waals surface area contributed by atoms with E-state index < -0.39 is 5.97 Å². The number of hydrogen-bond acceptors (Lipinski definition) is 5. The van der Waals surface area contributed by atoms with E-state index in [1.54, 1.807) is 6.07 Å². The topological polar surface area (TPSA) is 71.5 Å². The molecule has 4 rings (SSSR count). The molecule has 1 heterocycles. The van der Waals surface area contributed by atoms with Crippen molar-refractivity contribution in [3.05, 3.63) is 59.7 Å². The van der Waals surface area contributed by atoms with Crippen molar-refractivity contribution in [3.8, 4) is 5.88 Å². The molecule has 0 radical (unpaired) electrons. The Hall–Kier alpha value is -2.73. The summed E-state index contributed by atoms with van der Waals surface area (Å²) in [6.45, 7) is 0. The molecule has 0 atom stereocenters. The van der Waals surface area contributed by atoms with Crippen LogP contribution >= 0.6 is 11.9 Å². The first kappa shape index (κ1) is 17.7. The molecule has 0 spiro atoms. The number of carboxylic acid groups (broad SMARTS) is 1.